The van der Waals surface area contributed by atoms with E-state index in [-0.39, 0.29) is 5.75 Å². The number of halogens is 1. The van der Waals surface area contributed by atoms with Crippen LogP contribution >= 0.6 is 0 Å². The van der Waals surface area contributed by atoms with E-state index in [0.717, 1.165) is 16.5 Å². The average Bonchev–Trinajstić information content (AvgIpc) is 2.90. The normalized spacial score (nSPS) is 12.6. The second-order valence-electron chi connectivity index (χ2n) is 4.56. The molecule has 3 nitrogen and oxygen atoms in total. The van der Waals surface area contributed by atoms with Crippen LogP contribution < -0.4 is 10.5 Å². The highest BCUT2D eigenvalue weighted by Crippen LogP contribution is 2.30. The van der Waals surface area contributed by atoms with Gasteiger partial charge in [0.1, 0.15) is 5.58 Å². The van der Waals surface area contributed by atoms with Gasteiger partial charge in [-0.1, -0.05) is 24.3 Å². The van der Waals surface area contributed by atoms with Crippen LogP contribution in [0.1, 0.15) is 17.2 Å². The fraction of sp³-hybridized carbons (Fsp3) is 0.125. The summed E-state index contributed by atoms with van der Waals surface area (Å²) in [5.74, 6) is -0.216. The van der Waals surface area contributed by atoms with Crippen LogP contribution in [0.5, 0.6) is 5.75 Å². The predicted molar refractivity (Wildman–Crippen MR) is 75.2 cm³/mol. The Labute approximate surface area is 115 Å². The highest BCUT2D eigenvalue weighted by molar-refractivity contribution is 5.81. The van der Waals surface area contributed by atoms with E-state index < -0.39 is 11.9 Å². The van der Waals surface area contributed by atoms with Gasteiger partial charge in [-0.05, 0) is 23.8 Å². The summed E-state index contributed by atoms with van der Waals surface area (Å²) in [4.78, 5) is 0. The Balaban J connectivity index is 2.04. The molecule has 1 heterocycles. The number of fused-ring (bicyclic) bond motifs is 1. The van der Waals surface area contributed by atoms with Gasteiger partial charge in [0.2, 0.25) is 0 Å². The smallest absolute Gasteiger partial charge is 0.165 e. The van der Waals surface area contributed by atoms with E-state index in [9.17, 15) is 4.39 Å². The first-order valence-electron chi connectivity index (χ1n) is 6.26. The van der Waals surface area contributed by atoms with E-state index in [1.807, 2.05) is 24.3 Å². The SMILES string of the molecule is COc1ccc(C(N)c2coc3ccccc23)cc1F. The van der Waals surface area contributed by atoms with Crippen LogP contribution in [0.25, 0.3) is 11.0 Å². The monoisotopic (exact) mass is 271 g/mol. The van der Waals surface area contributed by atoms with Gasteiger partial charge in [-0.15, -0.1) is 0 Å². The molecule has 0 amide bonds. The van der Waals surface area contributed by atoms with Crippen LogP contribution in [0.3, 0.4) is 0 Å². The molecule has 0 radical (unpaired) electrons. The van der Waals surface area contributed by atoms with E-state index >= 15 is 0 Å². The average molecular weight is 271 g/mol. The molecule has 0 saturated carbocycles. The zero-order valence-electron chi connectivity index (χ0n) is 11.0. The van der Waals surface area contributed by atoms with Crippen LogP contribution in [0.15, 0.2) is 53.1 Å². The minimum atomic E-state index is -0.445. The zero-order chi connectivity index (χ0) is 14.1. The number of ether oxygens (including phenoxy) is 1. The van der Waals surface area contributed by atoms with Gasteiger partial charge >= 0.3 is 0 Å². The lowest BCUT2D eigenvalue weighted by molar-refractivity contribution is 0.386. The Morgan fingerprint density at radius 2 is 2.00 bits per heavy atom. The molecule has 102 valence electrons. The molecule has 3 rings (SSSR count). The standard InChI is InChI=1S/C16H14FNO2/c1-19-15-7-6-10(8-13(15)17)16(18)12-9-20-14-5-3-2-4-11(12)14/h2-9,16H,18H2,1H3. The summed E-state index contributed by atoms with van der Waals surface area (Å²) in [6, 6.07) is 11.9. The molecule has 0 aliphatic carbocycles. The number of benzene rings is 2. The molecular weight excluding hydrogens is 257 g/mol. The minimum Gasteiger partial charge on any atom is -0.494 e. The van der Waals surface area contributed by atoms with E-state index in [0.29, 0.717) is 5.56 Å². The third-order valence-corrected chi connectivity index (χ3v) is 3.38. The summed E-state index contributed by atoms with van der Waals surface area (Å²) in [6.45, 7) is 0. The predicted octanol–water partition coefficient (Wildman–Crippen LogP) is 3.63. The van der Waals surface area contributed by atoms with Crippen LogP contribution in [0.4, 0.5) is 4.39 Å². The van der Waals surface area contributed by atoms with Gasteiger partial charge in [-0.3, -0.25) is 0 Å². The molecule has 1 aromatic heterocycles. The van der Waals surface area contributed by atoms with Crippen molar-refractivity contribution in [2.75, 3.05) is 7.11 Å². The summed E-state index contributed by atoms with van der Waals surface area (Å²) >= 11 is 0. The molecule has 1 unspecified atom stereocenters. The number of para-hydroxylation sites is 1. The Morgan fingerprint density at radius 3 is 2.75 bits per heavy atom. The van der Waals surface area contributed by atoms with Crippen molar-refractivity contribution in [2.24, 2.45) is 5.73 Å². The number of hydrogen-bond acceptors (Lipinski definition) is 3. The number of nitrogens with two attached hydrogens (primary N) is 1. The third kappa shape index (κ3) is 2.04. The van der Waals surface area contributed by atoms with Crippen molar-refractivity contribution in [3.8, 4) is 5.75 Å². The van der Waals surface area contributed by atoms with Crippen LogP contribution in [0.2, 0.25) is 0 Å². The third-order valence-electron chi connectivity index (χ3n) is 3.38. The lowest BCUT2D eigenvalue weighted by atomic mass is 9.99. The summed E-state index contributed by atoms with van der Waals surface area (Å²) in [7, 11) is 1.43. The van der Waals surface area contributed by atoms with E-state index in [4.69, 9.17) is 14.9 Å². The molecule has 0 bridgehead atoms. The fourth-order valence-electron chi connectivity index (χ4n) is 2.29. The van der Waals surface area contributed by atoms with Crippen molar-refractivity contribution in [1.82, 2.24) is 0 Å². The Kier molecular flexibility index (Phi) is 3.16. The van der Waals surface area contributed by atoms with E-state index in [2.05, 4.69) is 0 Å². The van der Waals surface area contributed by atoms with Gasteiger partial charge in [0.05, 0.1) is 19.4 Å². The first-order valence-corrected chi connectivity index (χ1v) is 6.26. The first kappa shape index (κ1) is 12.7. The molecule has 0 aliphatic rings. The minimum absolute atomic E-state index is 0.206. The summed E-state index contributed by atoms with van der Waals surface area (Å²) in [5.41, 5.74) is 8.50. The highest BCUT2D eigenvalue weighted by atomic mass is 19.1. The zero-order valence-corrected chi connectivity index (χ0v) is 11.0. The first-order chi connectivity index (χ1) is 9.70. The van der Waals surface area contributed by atoms with Crippen molar-refractivity contribution in [3.05, 3.63) is 65.7 Å². The maximum atomic E-state index is 13.8. The summed E-state index contributed by atoms with van der Waals surface area (Å²) in [5, 5.41) is 0.941. The van der Waals surface area contributed by atoms with Crippen LogP contribution in [-0.2, 0) is 0 Å². The van der Waals surface area contributed by atoms with Gasteiger partial charge in [0.15, 0.2) is 11.6 Å². The van der Waals surface area contributed by atoms with Gasteiger partial charge in [-0.25, -0.2) is 4.39 Å². The van der Waals surface area contributed by atoms with Gasteiger partial charge in [-0.2, -0.15) is 0 Å². The molecule has 0 spiro atoms. The lowest BCUT2D eigenvalue weighted by Crippen LogP contribution is -2.11. The molecule has 0 fully saturated rings. The molecule has 3 aromatic rings. The van der Waals surface area contributed by atoms with Crippen molar-refractivity contribution < 1.29 is 13.5 Å². The second-order valence-corrected chi connectivity index (χ2v) is 4.56. The Morgan fingerprint density at radius 1 is 1.20 bits per heavy atom. The van der Waals surface area contributed by atoms with Crippen LogP contribution in [0, 0.1) is 5.82 Å². The molecule has 2 aromatic carbocycles. The maximum absolute atomic E-state index is 13.8. The van der Waals surface area contributed by atoms with Crippen molar-refractivity contribution in [3.63, 3.8) is 0 Å². The summed E-state index contributed by atoms with van der Waals surface area (Å²) < 4.78 is 24.1. The molecule has 20 heavy (non-hydrogen) atoms. The lowest BCUT2D eigenvalue weighted by Gasteiger charge is -2.12. The fourth-order valence-corrected chi connectivity index (χ4v) is 2.29. The van der Waals surface area contributed by atoms with Gasteiger partial charge in [0, 0.05) is 10.9 Å². The highest BCUT2D eigenvalue weighted by Gasteiger charge is 2.16. The molecule has 1 atom stereocenters. The number of hydrogen-bond donors (Lipinski definition) is 1. The van der Waals surface area contributed by atoms with Crippen molar-refractivity contribution in [1.29, 1.82) is 0 Å². The van der Waals surface area contributed by atoms with Gasteiger partial charge in [0.25, 0.3) is 0 Å². The summed E-state index contributed by atoms with van der Waals surface area (Å²) in [6.07, 6.45) is 1.62. The topological polar surface area (TPSA) is 48.4 Å². The number of rotatable bonds is 3. The van der Waals surface area contributed by atoms with Crippen molar-refractivity contribution >= 4 is 11.0 Å². The Hall–Kier alpha value is -2.33. The van der Waals surface area contributed by atoms with Crippen molar-refractivity contribution in [2.45, 2.75) is 6.04 Å². The number of furan rings is 1. The number of methoxy groups -OCH3 is 1. The molecule has 4 heteroatoms. The van der Waals surface area contributed by atoms with E-state index in [1.165, 1.54) is 13.2 Å². The van der Waals surface area contributed by atoms with E-state index in [1.54, 1.807) is 18.4 Å². The second kappa shape index (κ2) is 4.98. The molecular formula is C16H14FNO2. The maximum Gasteiger partial charge on any atom is 0.165 e. The quantitative estimate of drug-likeness (QED) is 0.791. The largest absolute Gasteiger partial charge is 0.494 e. The van der Waals surface area contributed by atoms with Gasteiger partial charge < -0.3 is 14.9 Å². The van der Waals surface area contributed by atoms with Crippen LogP contribution in [-0.4, -0.2) is 7.11 Å². The molecule has 0 aliphatic heterocycles. The molecule has 2 N–H and O–H groups in total. The Bertz CT molecular complexity index is 751. The molecule has 0 saturated heterocycles.